The minimum atomic E-state index is -2.83. The highest BCUT2D eigenvalue weighted by molar-refractivity contribution is 9.08. The molecule has 0 saturated heterocycles. The summed E-state index contributed by atoms with van der Waals surface area (Å²) in [6.45, 7) is 0. The summed E-state index contributed by atoms with van der Waals surface area (Å²) in [5, 5.41) is 8.55. The molecule has 15 heavy (non-hydrogen) atoms. The molecule has 1 rings (SSSR count). The fourth-order valence-corrected chi connectivity index (χ4v) is 1.65. The molecule has 0 bridgehead atoms. The molecule has 0 spiro atoms. The van der Waals surface area contributed by atoms with Crippen molar-refractivity contribution in [3.63, 3.8) is 0 Å². The van der Waals surface area contributed by atoms with E-state index in [1.54, 1.807) is 6.07 Å². The molecule has 3 nitrogen and oxygen atoms in total. The molecule has 6 heteroatoms. The van der Waals surface area contributed by atoms with Crippen LogP contribution in [0.3, 0.4) is 0 Å². The number of pyridine rings is 1. The number of H-pyrrole nitrogens is 1. The summed E-state index contributed by atoms with van der Waals surface area (Å²) in [4.78, 5) is 14.1. The van der Waals surface area contributed by atoms with Crippen molar-refractivity contribution < 1.29 is 8.78 Å². The van der Waals surface area contributed by atoms with Crippen LogP contribution >= 0.6 is 15.9 Å². The molecule has 0 saturated carbocycles. The van der Waals surface area contributed by atoms with Crippen molar-refractivity contribution in [2.75, 3.05) is 0 Å². The molecule has 1 N–H and O–H groups in total. The average molecular weight is 277 g/mol. The van der Waals surface area contributed by atoms with E-state index in [1.165, 1.54) is 6.20 Å². The lowest BCUT2D eigenvalue weighted by Gasteiger charge is -2.06. The van der Waals surface area contributed by atoms with Crippen LogP contribution in [0.1, 0.15) is 23.2 Å². The Labute approximate surface area is 92.9 Å². The third-order valence-corrected chi connectivity index (χ3v) is 2.46. The first-order valence-electron chi connectivity index (χ1n) is 4.06. The Kier molecular flexibility index (Phi) is 3.97. The second-order valence-electron chi connectivity index (χ2n) is 2.80. The van der Waals surface area contributed by atoms with Crippen molar-refractivity contribution in [1.29, 1.82) is 5.26 Å². The van der Waals surface area contributed by atoms with Crippen molar-refractivity contribution >= 4 is 15.9 Å². The summed E-state index contributed by atoms with van der Waals surface area (Å²) in [7, 11) is 0. The fraction of sp³-hybridized carbons (Fsp3) is 0.333. The number of alkyl halides is 3. The van der Waals surface area contributed by atoms with Crippen LogP contribution in [0.2, 0.25) is 0 Å². The van der Waals surface area contributed by atoms with E-state index in [1.807, 2.05) is 0 Å². The standard InChI is InChI=1S/C9H7BrF2N2O/c10-3-6-7(9(11)12)8(15)5(1-2-13)4-14-6/h4,9H,1,3H2,(H,14,15). The molecule has 0 radical (unpaired) electrons. The predicted molar refractivity (Wildman–Crippen MR) is 54.0 cm³/mol. The minimum absolute atomic E-state index is 0.0671. The second kappa shape index (κ2) is 5.03. The summed E-state index contributed by atoms with van der Waals surface area (Å²) in [5.74, 6) is 0. The molecule has 0 aliphatic rings. The van der Waals surface area contributed by atoms with Crippen molar-refractivity contribution in [2.24, 2.45) is 0 Å². The average Bonchev–Trinajstić information content (AvgIpc) is 2.20. The summed E-state index contributed by atoms with van der Waals surface area (Å²) in [5.41, 5.74) is -1.09. The third kappa shape index (κ3) is 2.42. The Morgan fingerprint density at radius 2 is 2.27 bits per heavy atom. The largest absolute Gasteiger partial charge is 0.363 e. The van der Waals surface area contributed by atoms with Gasteiger partial charge in [-0.2, -0.15) is 5.26 Å². The zero-order valence-electron chi connectivity index (χ0n) is 7.56. The zero-order chi connectivity index (χ0) is 11.4. The SMILES string of the molecule is N#CCc1c[nH]c(CBr)c(C(F)F)c1=O. The van der Waals surface area contributed by atoms with E-state index in [9.17, 15) is 13.6 Å². The molecular formula is C9H7BrF2N2O. The van der Waals surface area contributed by atoms with Crippen molar-refractivity contribution in [2.45, 2.75) is 18.2 Å². The Hall–Kier alpha value is -1.22. The van der Waals surface area contributed by atoms with Crippen molar-refractivity contribution in [1.82, 2.24) is 4.98 Å². The summed E-state index contributed by atoms with van der Waals surface area (Å²) < 4.78 is 25.1. The first-order valence-corrected chi connectivity index (χ1v) is 5.18. The lowest BCUT2D eigenvalue weighted by molar-refractivity contribution is 0.148. The second-order valence-corrected chi connectivity index (χ2v) is 3.37. The van der Waals surface area contributed by atoms with Gasteiger partial charge < -0.3 is 4.98 Å². The molecular weight excluding hydrogens is 270 g/mol. The van der Waals surface area contributed by atoms with E-state index in [2.05, 4.69) is 20.9 Å². The van der Waals surface area contributed by atoms with Gasteiger partial charge in [0.2, 0.25) is 0 Å². The van der Waals surface area contributed by atoms with Crippen LogP contribution in [0.25, 0.3) is 0 Å². The van der Waals surface area contributed by atoms with E-state index in [-0.39, 0.29) is 23.0 Å². The van der Waals surface area contributed by atoms with Crippen molar-refractivity contribution in [3.8, 4) is 6.07 Å². The van der Waals surface area contributed by atoms with Gasteiger partial charge >= 0.3 is 0 Å². The van der Waals surface area contributed by atoms with Gasteiger partial charge in [-0.05, 0) is 0 Å². The number of halogens is 3. The first kappa shape index (κ1) is 11.9. The molecule has 0 fully saturated rings. The Morgan fingerprint density at radius 1 is 1.60 bits per heavy atom. The van der Waals surface area contributed by atoms with Crippen LogP contribution in [0.15, 0.2) is 11.0 Å². The number of nitrogens with one attached hydrogen (secondary N) is 1. The van der Waals surface area contributed by atoms with Gasteiger partial charge in [0.25, 0.3) is 6.43 Å². The van der Waals surface area contributed by atoms with Gasteiger partial charge in [0.1, 0.15) is 0 Å². The minimum Gasteiger partial charge on any atom is -0.363 e. The summed E-state index contributed by atoms with van der Waals surface area (Å²) in [6, 6.07) is 1.75. The number of aromatic amines is 1. The van der Waals surface area contributed by atoms with Gasteiger partial charge in [-0.1, -0.05) is 15.9 Å². The highest BCUT2D eigenvalue weighted by Crippen LogP contribution is 2.20. The molecule has 0 aliphatic heterocycles. The van der Waals surface area contributed by atoms with Gasteiger partial charge in [0.15, 0.2) is 5.43 Å². The highest BCUT2D eigenvalue weighted by atomic mass is 79.9. The van der Waals surface area contributed by atoms with Crippen LogP contribution in [-0.4, -0.2) is 4.98 Å². The molecule has 0 atom stereocenters. The van der Waals surface area contributed by atoms with Crippen LogP contribution in [0.5, 0.6) is 0 Å². The predicted octanol–water partition coefficient (Wildman–Crippen LogP) is 2.27. The molecule has 1 heterocycles. The van der Waals surface area contributed by atoms with E-state index in [0.717, 1.165) is 0 Å². The van der Waals surface area contributed by atoms with E-state index >= 15 is 0 Å². The van der Waals surface area contributed by atoms with Crippen LogP contribution in [0, 0.1) is 11.3 Å². The number of hydrogen-bond donors (Lipinski definition) is 1. The molecule has 0 amide bonds. The van der Waals surface area contributed by atoms with Gasteiger partial charge in [0.05, 0.1) is 18.1 Å². The van der Waals surface area contributed by atoms with Crippen LogP contribution in [0.4, 0.5) is 8.78 Å². The summed E-state index contributed by atoms with van der Waals surface area (Å²) >= 11 is 3.01. The van der Waals surface area contributed by atoms with Crippen molar-refractivity contribution in [3.05, 3.63) is 33.2 Å². The van der Waals surface area contributed by atoms with Gasteiger partial charge in [-0.25, -0.2) is 8.78 Å². The molecule has 1 aromatic rings. The van der Waals surface area contributed by atoms with Gasteiger partial charge in [0, 0.05) is 22.8 Å². The highest BCUT2D eigenvalue weighted by Gasteiger charge is 2.19. The molecule has 0 unspecified atom stereocenters. The van der Waals surface area contributed by atoms with E-state index < -0.39 is 17.4 Å². The van der Waals surface area contributed by atoms with Gasteiger partial charge in [-0.3, -0.25) is 4.79 Å². The smallest absolute Gasteiger partial charge is 0.269 e. The summed E-state index contributed by atoms with van der Waals surface area (Å²) in [6.07, 6.45) is -1.70. The molecule has 80 valence electrons. The maximum Gasteiger partial charge on any atom is 0.269 e. The maximum absolute atomic E-state index is 12.6. The number of nitrogens with zero attached hydrogens (tertiary/aromatic N) is 1. The fourth-order valence-electron chi connectivity index (χ4n) is 1.19. The zero-order valence-corrected chi connectivity index (χ0v) is 9.14. The molecule has 0 aliphatic carbocycles. The third-order valence-electron chi connectivity index (χ3n) is 1.90. The van der Waals surface area contributed by atoms with E-state index in [0.29, 0.717) is 0 Å². The Balaban J connectivity index is 3.37. The van der Waals surface area contributed by atoms with Crippen LogP contribution in [-0.2, 0) is 11.8 Å². The lowest BCUT2D eigenvalue weighted by Crippen LogP contribution is -2.18. The first-order chi connectivity index (χ1) is 7.11. The van der Waals surface area contributed by atoms with E-state index in [4.69, 9.17) is 5.26 Å². The normalized spacial score (nSPS) is 10.3. The maximum atomic E-state index is 12.6. The van der Waals surface area contributed by atoms with Crippen LogP contribution < -0.4 is 5.43 Å². The number of aromatic nitrogens is 1. The number of hydrogen-bond acceptors (Lipinski definition) is 2. The quantitative estimate of drug-likeness (QED) is 0.861. The Morgan fingerprint density at radius 3 is 2.73 bits per heavy atom. The number of nitriles is 1. The Bertz CT molecular complexity index is 450. The van der Waals surface area contributed by atoms with Gasteiger partial charge in [-0.15, -0.1) is 0 Å². The molecule has 1 aromatic heterocycles. The topological polar surface area (TPSA) is 56.6 Å². The lowest BCUT2D eigenvalue weighted by atomic mass is 10.1. The monoisotopic (exact) mass is 276 g/mol. The molecule has 0 aromatic carbocycles. The number of rotatable bonds is 3.